The van der Waals surface area contributed by atoms with Crippen molar-refractivity contribution in [3.63, 3.8) is 0 Å². The van der Waals surface area contributed by atoms with Crippen LogP contribution in [0.15, 0.2) is 48.5 Å². The first kappa shape index (κ1) is 21.4. The Balaban J connectivity index is 2.32. The predicted molar refractivity (Wildman–Crippen MR) is 116 cm³/mol. The van der Waals surface area contributed by atoms with Gasteiger partial charge in [0.2, 0.25) is 0 Å². The van der Waals surface area contributed by atoms with E-state index in [-0.39, 0.29) is 18.2 Å². The molecule has 0 unspecified atom stereocenters. The minimum absolute atomic E-state index is 0.178. The van der Waals surface area contributed by atoms with E-state index in [9.17, 15) is 0 Å². The van der Waals surface area contributed by atoms with Gasteiger partial charge >= 0.3 is 182 Å². The molecule has 0 saturated carbocycles. The van der Waals surface area contributed by atoms with E-state index in [1.165, 1.54) is 37.4 Å². The van der Waals surface area contributed by atoms with E-state index in [1.807, 2.05) is 0 Å². The number of aromatic nitrogens is 2. The number of hydrogen-bond donors (Lipinski definition) is 0. The standard InChI is InChI=1S/C24H30N2.Ag.ClH/c1-17(2)22-13-10-14-23(18(3)4)24(22)26-16-25(19(5)20(26)6)15-21-11-8-7-9-12-21;;/h7-14,17-18H,15H2,1-6H3;;1H/q;-1;/p-1. The summed E-state index contributed by atoms with van der Waals surface area (Å²) in [6.45, 7) is 14.4. The molecule has 3 rings (SSSR count). The molecule has 4 heteroatoms. The number of benzene rings is 2. The number of para-hydroxylation sites is 1. The third-order valence-electron chi connectivity index (χ3n) is 5.43. The van der Waals surface area contributed by atoms with Crippen molar-refractivity contribution in [2.75, 3.05) is 0 Å². The van der Waals surface area contributed by atoms with Crippen LogP contribution in [0, 0.1) is 17.5 Å². The van der Waals surface area contributed by atoms with Gasteiger partial charge in [-0.1, -0.05) is 0 Å². The number of halogens is 1. The zero-order valence-electron chi connectivity index (χ0n) is 17.6. The number of nitrogens with zero attached hydrogens (tertiary/aromatic N) is 2. The third kappa shape index (κ3) is 4.02. The number of rotatable bonds is 5. The summed E-state index contributed by atoms with van der Waals surface area (Å²) in [4.78, 5) is 0. The Bertz CT molecular complexity index is 1000. The molecule has 0 amide bonds. The van der Waals surface area contributed by atoms with E-state index in [0.717, 1.165) is 6.54 Å². The molecule has 0 N–H and O–H groups in total. The summed E-state index contributed by atoms with van der Waals surface area (Å²) in [5, 5.41) is 0. The van der Waals surface area contributed by atoms with Crippen molar-refractivity contribution in [2.24, 2.45) is 0 Å². The fourth-order valence-corrected chi connectivity index (χ4v) is 5.47. The van der Waals surface area contributed by atoms with E-state index in [1.54, 1.807) is 0 Å². The molecular formula is C24H30AgClN2-2. The van der Waals surface area contributed by atoms with Gasteiger partial charge < -0.3 is 0 Å². The molecule has 0 aliphatic carbocycles. The summed E-state index contributed by atoms with van der Waals surface area (Å²) < 4.78 is 5.99. The molecule has 0 saturated heterocycles. The molecule has 28 heavy (non-hydrogen) atoms. The van der Waals surface area contributed by atoms with Crippen molar-refractivity contribution in [1.82, 2.24) is 9.13 Å². The third-order valence-corrected chi connectivity index (χ3v) is 7.02. The first-order chi connectivity index (χ1) is 13.4. The molecule has 0 atom stereocenters. The Labute approximate surface area is 181 Å². The molecule has 0 fully saturated rings. The molecule has 2 aromatic carbocycles. The van der Waals surface area contributed by atoms with Gasteiger partial charge in [-0.2, -0.15) is 0 Å². The van der Waals surface area contributed by atoms with Crippen LogP contribution in [0.3, 0.4) is 0 Å². The first-order valence-electron chi connectivity index (χ1n) is 9.84. The van der Waals surface area contributed by atoms with Crippen LogP contribution in [-0.2, 0) is 24.8 Å². The Morgan fingerprint density at radius 2 is 1.39 bits per heavy atom. The molecule has 0 bridgehead atoms. The average molecular weight is 490 g/mol. The van der Waals surface area contributed by atoms with Crippen LogP contribution in [0.1, 0.15) is 67.6 Å². The van der Waals surface area contributed by atoms with Crippen LogP contribution in [0.25, 0.3) is 5.69 Å². The van der Waals surface area contributed by atoms with Crippen molar-refractivity contribution >= 4 is 9.19 Å². The van der Waals surface area contributed by atoms with E-state index in [2.05, 4.69) is 99.2 Å². The minimum atomic E-state index is 0.178. The first-order valence-corrected chi connectivity index (χ1v) is 12.5. The average Bonchev–Trinajstić information content (AvgIpc) is 2.92. The van der Waals surface area contributed by atoms with Crippen molar-refractivity contribution < 1.29 is 18.2 Å². The summed E-state index contributed by atoms with van der Waals surface area (Å²) in [6, 6.07) is 17.4. The van der Waals surface area contributed by atoms with Crippen LogP contribution in [0.4, 0.5) is 0 Å². The molecule has 1 heterocycles. The zero-order chi connectivity index (χ0) is 20.4. The van der Waals surface area contributed by atoms with E-state index in [0.29, 0.717) is 11.8 Å². The van der Waals surface area contributed by atoms with Crippen molar-refractivity contribution in [3.8, 4) is 5.69 Å². The summed E-state index contributed by atoms with van der Waals surface area (Å²) in [7, 11) is 6.59. The van der Waals surface area contributed by atoms with Crippen LogP contribution >= 0.6 is 9.19 Å². The summed E-state index contributed by atoms with van der Waals surface area (Å²) in [6.07, 6.45) is 0. The Hall–Kier alpha value is -1.32. The van der Waals surface area contributed by atoms with Crippen molar-refractivity contribution in [3.05, 3.63) is 80.2 Å². The summed E-state index contributed by atoms with van der Waals surface area (Å²) in [5.74, 6) is 0.898. The SMILES string of the molecule is Cc1c(C)n(-c2c(C(C)C)cccc2C(C)C)[c](=[Ag-2][Cl])n1Cc1ccccc1. The van der Waals surface area contributed by atoms with E-state index >= 15 is 0 Å². The fraction of sp³-hybridized carbons (Fsp3) is 0.375. The van der Waals surface area contributed by atoms with Crippen LogP contribution in [0.5, 0.6) is 0 Å². The van der Waals surface area contributed by atoms with Gasteiger partial charge in [-0.05, 0) is 0 Å². The van der Waals surface area contributed by atoms with Crippen LogP contribution < -0.4 is 0 Å². The molecule has 1 aromatic heterocycles. The second-order valence-corrected chi connectivity index (χ2v) is 9.58. The van der Waals surface area contributed by atoms with Gasteiger partial charge in [0.25, 0.3) is 0 Å². The Morgan fingerprint density at radius 1 is 0.821 bits per heavy atom. The van der Waals surface area contributed by atoms with Gasteiger partial charge in [-0.3, -0.25) is 0 Å². The summed E-state index contributed by atoms with van der Waals surface area (Å²) in [5.41, 5.74) is 7.94. The normalized spacial score (nSPS) is 13.0. The summed E-state index contributed by atoms with van der Waals surface area (Å²) >= 11 is 0.178. The molecular weight excluding hydrogens is 460 g/mol. The van der Waals surface area contributed by atoms with Gasteiger partial charge in [-0.15, -0.1) is 0 Å². The van der Waals surface area contributed by atoms with Gasteiger partial charge in [-0.25, -0.2) is 0 Å². The van der Waals surface area contributed by atoms with E-state index < -0.39 is 0 Å². The molecule has 0 aliphatic rings. The van der Waals surface area contributed by atoms with Crippen molar-refractivity contribution in [1.29, 1.82) is 0 Å². The van der Waals surface area contributed by atoms with Crippen LogP contribution in [-0.4, -0.2) is 9.13 Å². The molecule has 3 aromatic rings. The topological polar surface area (TPSA) is 9.86 Å². The van der Waals surface area contributed by atoms with Gasteiger partial charge in [0.1, 0.15) is 0 Å². The molecule has 156 valence electrons. The molecule has 2 nitrogen and oxygen atoms in total. The maximum absolute atomic E-state index is 6.59. The number of imidazole rings is 1. The van der Waals surface area contributed by atoms with Crippen LogP contribution in [0.2, 0.25) is 0 Å². The van der Waals surface area contributed by atoms with Gasteiger partial charge in [0, 0.05) is 0 Å². The Kier molecular flexibility index (Phi) is 6.88. The molecule has 0 radical (unpaired) electrons. The second kappa shape index (κ2) is 9.00. The van der Waals surface area contributed by atoms with Gasteiger partial charge in [0.15, 0.2) is 0 Å². The second-order valence-electron chi connectivity index (χ2n) is 7.96. The molecule has 0 spiro atoms. The van der Waals surface area contributed by atoms with Gasteiger partial charge in [0.05, 0.1) is 0 Å². The quantitative estimate of drug-likeness (QED) is 0.343. The predicted octanol–water partition coefficient (Wildman–Crippen LogP) is 6.96. The maximum atomic E-state index is 6.59. The van der Waals surface area contributed by atoms with E-state index in [4.69, 9.17) is 9.19 Å². The number of hydrogen-bond acceptors (Lipinski definition) is 0. The fourth-order valence-electron chi connectivity index (χ4n) is 3.75. The zero-order valence-corrected chi connectivity index (χ0v) is 19.8. The Morgan fingerprint density at radius 3 is 1.89 bits per heavy atom. The monoisotopic (exact) mass is 488 g/mol. The molecule has 0 aliphatic heterocycles. The van der Waals surface area contributed by atoms with Crippen molar-refractivity contribution in [2.45, 2.75) is 59.9 Å².